The van der Waals surface area contributed by atoms with E-state index in [1.807, 2.05) is 81.6 Å². The number of nitrogens with zero attached hydrogens (tertiary/aromatic N) is 4. The molecule has 0 aliphatic rings. The van der Waals surface area contributed by atoms with Crippen LogP contribution >= 0.6 is 0 Å². The first-order chi connectivity index (χ1) is 14.0. The van der Waals surface area contributed by atoms with Gasteiger partial charge in [-0.25, -0.2) is 10.4 Å². The summed E-state index contributed by atoms with van der Waals surface area (Å²) in [6.45, 7) is 3.88. The molecule has 6 heteroatoms. The highest BCUT2D eigenvalue weighted by Gasteiger charge is 2.14. The number of aryl methyl sites for hydroxylation is 2. The second-order valence-electron chi connectivity index (χ2n) is 6.85. The molecular formula is C23H21N5O. The number of hydrogen-bond donors (Lipinski definition) is 1. The van der Waals surface area contributed by atoms with Crippen molar-refractivity contribution in [1.29, 1.82) is 0 Å². The van der Waals surface area contributed by atoms with E-state index in [0.29, 0.717) is 5.56 Å². The molecule has 0 aliphatic heterocycles. The molecule has 4 aromatic rings. The van der Waals surface area contributed by atoms with Crippen LogP contribution in [0.15, 0.2) is 65.8 Å². The number of hydrogen-bond acceptors (Lipinski definition) is 4. The van der Waals surface area contributed by atoms with Gasteiger partial charge in [-0.3, -0.25) is 9.48 Å². The summed E-state index contributed by atoms with van der Waals surface area (Å²) < 4.78 is 1.79. The second-order valence-corrected chi connectivity index (χ2v) is 6.85. The fourth-order valence-electron chi connectivity index (χ4n) is 3.31. The van der Waals surface area contributed by atoms with Gasteiger partial charge in [0, 0.05) is 29.3 Å². The number of carbonyl (C=O) groups is 1. The van der Waals surface area contributed by atoms with Crippen LogP contribution in [-0.2, 0) is 7.05 Å². The molecule has 144 valence electrons. The van der Waals surface area contributed by atoms with Gasteiger partial charge in [-0.2, -0.15) is 10.2 Å². The summed E-state index contributed by atoms with van der Waals surface area (Å²) in [6, 6.07) is 19.2. The molecule has 0 spiro atoms. The maximum atomic E-state index is 12.9. The third-order valence-corrected chi connectivity index (χ3v) is 4.96. The van der Waals surface area contributed by atoms with Crippen LogP contribution in [0.5, 0.6) is 0 Å². The summed E-state index contributed by atoms with van der Waals surface area (Å²) >= 11 is 0. The average Bonchev–Trinajstić information content (AvgIpc) is 2.99. The smallest absolute Gasteiger partial charge is 0.272 e. The monoisotopic (exact) mass is 383 g/mol. The zero-order chi connectivity index (χ0) is 20.4. The summed E-state index contributed by atoms with van der Waals surface area (Å²) in [5, 5.41) is 9.31. The van der Waals surface area contributed by atoms with E-state index in [1.54, 1.807) is 10.9 Å². The minimum atomic E-state index is -0.281. The third-order valence-electron chi connectivity index (χ3n) is 4.96. The number of rotatable bonds is 4. The van der Waals surface area contributed by atoms with E-state index in [0.717, 1.165) is 39.1 Å². The quantitative estimate of drug-likeness (QED) is 0.427. The van der Waals surface area contributed by atoms with Gasteiger partial charge < -0.3 is 0 Å². The molecule has 0 saturated carbocycles. The molecular weight excluding hydrogens is 362 g/mol. The van der Waals surface area contributed by atoms with Crippen molar-refractivity contribution in [2.75, 3.05) is 0 Å². The lowest BCUT2D eigenvalue weighted by molar-refractivity contribution is 0.0956. The SMILES string of the molecule is Cc1nn(C)c(C)c1/C=N\NC(=O)c1cc(-c2ccccc2)nc2ccccc12. The Morgan fingerprint density at radius 1 is 1.07 bits per heavy atom. The van der Waals surface area contributed by atoms with Gasteiger partial charge in [-0.15, -0.1) is 0 Å². The number of para-hydroxylation sites is 1. The van der Waals surface area contributed by atoms with Crippen molar-refractivity contribution in [2.24, 2.45) is 12.1 Å². The molecule has 0 atom stereocenters. The van der Waals surface area contributed by atoms with Crippen molar-refractivity contribution < 1.29 is 4.79 Å². The molecule has 2 aromatic heterocycles. The molecule has 0 radical (unpaired) electrons. The van der Waals surface area contributed by atoms with Crippen molar-refractivity contribution in [2.45, 2.75) is 13.8 Å². The molecule has 1 N–H and O–H groups in total. The Kier molecular flexibility index (Phi) is 4.91. The molecule has 2 heterocycles. The third kappa shape index (κ3) is 3.65. The van der Waals surface area contributed by atoms with E-state index in [-0.39, 0.29) is 5.91 Å². The Labute approximate surface area is 168 Å². The van der Waals surface area contributed by atoms with Gasteiger partial charge in [0.2, 0.25) is 0 Å². The molecule has 2 aromatic carbocycles. The van der Waals surface area contributed by atoms with Gasteiger partial charge >= 0.3 is 0 Å². The largest absolute Gasteiger partial charge is 0.272 e. The van der Waals surface area contributed by atoms with Crippen LogP contribution in [-0.4, -0.2) is 26.9 Å². The highest BCUT2D eigenvalue weighted by Crippen LogP contribution is 2.24. The standard InChI is InChI=1S/C23H21N5O/c1-15-20(16(2)28(3)27-15)14-24-26-23(29)19-13-22(17-9-5-4-6-10-17)25-21-12-8-7-11-18(19)21/h4-14H,1-3H3,(H,26,29)/b24-14-. The predicted molar refractivity (Wildman–Crippen MR) is 115 cm³/mol. The van der Waals surface area contributed by atoms with Crippen molar-refractivity contribution in [3.8, 4) is 11.3 Å². The van der Waals surface area contributed by atoms with Gasteiger partial charge in [0.25, 0.3) is 5.91 Å². The van der Waals surface area contributed by atoms with Crippen molar-refractivity contribution >= 4 is 23.0 Å². The highest BCUT2D eigenvalue weighted by molar-refractivity contribution is 6.07. The van der Waals surface area contributed by atoms with Crippen LogP contribution in [0.1, 0.15) is 27.3 Å². The predicted octanol–water partition coefficient (Wildman–Crippen LogP) is 4.02. The summed E-state index contributed by atoms with van der Waals surface area (Å²) in [7, 11) is 1.88. The second kappa shape index (κ2) is 7.67. The lowest BCUT2D eigenvalue weighted by atomic mass is 10.0. The number of pyridine rings is 1. The van der Waals surface area contributed by atoms with E-state index in [4.69, 9.17) is 4.98 Å². The van der Waals surface area contributed by atoms with E-state index < -0.39 is 0 Å². The molecule has 4 rings (SSSR count). The number of benzene rings is 2. The zero-order valence-electron chi connectivity index (χ0n) is 16.5. The number of aromatic nitrogens is 3. The van der Waals surface area contributed by atoms with Crippen molar-refractivity contribution in [3.05, 3.63) is 83.2 Å². The Bertz CT molecular complexity index is 1220. The molecule has 0 saturated heterocycles. The molecule has 6 nitrogen and oxygen atoms in total. The first kappa shape index (κ1) is 18.6. The summed E-state index contributed by atoms with van der Waals surface area (Å²) in [6.07, 6.45) is 1.64. The van der Waals surface area contributed by atoms with Crippen LogP contribution in [0.2, 0.25) is 0 Å². The number of nitrogens with one attached hydrogen (secondary N) is 1. The van der Waals surface area contributed by atoms with Crippen LogP contribution < -0.4 is 5.43 Å². The van der Waals surface area contributed by atoms with E-state index >= 15 is 0 Å². The lowest BCUT2D eigenvalue weighted by Gasteiger charge is -2.09. The Balaban J connectivity index is 1.69. The summed E-state index contributed by atoms with van der Waals surface area (Å²) in [5.74, 6) is -0.281. The molecule has 29 heavy (non-hydrogen) atoms. The number of amides is 1. The maximum Gasteiger partial charge on any atom is 0.272 e. The lowest BCUT2D eigenvalue weighted by Crippen LogP contribution is -2.18. The topological polar surface area (TPSA) is 72.2 Å². The average molecular weight is 383 g/mol. The Hall–Kier alpha value is -3.80. The number of fused-ring (bicyclic) bond motifs is 1. The molecule has 0 fully saturated rings. The van der Waals surface area contributed by atoms with E-state index in [9.17, 15) is 4.79 Å². The minimum Gasteiger partial charge on any atom is -0.272 e. The minimum absolute atomic E-state index is 0.281. The summed E-state index contributed by atoms with van der Waals surface area (Å²) in [4.78, 5) is 17.6. The van der Waals surface area contributed by atoms with E-state index in [2.05, 4.69) is 15.6 Å². The number of carbonyl (C=O) groups excluding carboxylic acids is 1. The fourth-order valence-corrected chi connectivity index (χ4v) is 3.31. The molecule has 0 aliphatic carbocycles. The van der Waals surface area contributed by atoms with Crippen LogP contribution in [0.25, 0.3) is 22.2 Å². The van der Waals surface area contributed by atoms with Gasteiger partial charge in [-0.05, 0) is 26.0 Å². The van der Waals surface area contributed by atoms with Crippen molar-refractivity contribution in [3.63, 3.8) is 0 Å². The first-order valence-electron chi connectivity index (χ1n) is 9.33. The molecule has 1 amide bonds. The first-order valence-corrected chi connectivity index (χ1v) is 9.33. The Morgan fingerprint density at radius 3 is 2.52 bits per heavy atom. The van der Waals surface area contributed by atoms with Crippen LogP contribution in [0.4, 0.5) is 0 Å². The van der Waals surface area contributed by atoms with Crippen LogP contribution in [0.3, 0.4) is 0 Å². The summed E-state index contributed by atoms with van der Waals surface area (Å²) in [5.41, 5.74) is 8.40. The molecule has 0 unspecified atom stereocenters. The number of hydrazone groups is 1. The van der Waals surface area contributed by atoms with E-state index in [1.165, 1.54) is 0 Å². The normalized spacial score (nSPS) is 11.3. The Morgan fingerprint density at radius 2 is 1.79 bits per heavy atom. The molecule has 0 bridgehead atoms. The van der Waals surface area contributed by atoms with Crippen molar-refractivity contribution in [1.82, 2.24) is 20.2 Å². The maximum absolute atomic E-state index is 12.9. The fraction of sp³-hybridized carbons (Fsp3) is 0.130. The highest BCUT2D eigenvalue weighted by atomic mass is 16.2. The van der Waals surface area contributed by atoms with Gasteiger partial charge in [-0.1, -0.05) is 48.5 Å². The zero-order valence-corrected chi connectivity index (χ0v) is 16.5. The van der Waals surface area contributed by atoms with Crippen LogP contribution in [0, 0.1) is 13.8 Å². The van der Waals surface area contributed by atoms with Gasteiger partial charge in [0.15, 0.2) is 0 Å². The van der Waals surface area contributed by atoms with Gasteiger partial charge in [0.1, 0.15) is 0 Å². The van der Waals surface area contributed by atoms with Gasteiger partial charge in [0.05, 0.1) is 28.7 Å².